The molecular formula is H12Al2ClO6. The average molecular weight is 198 g/mol. The summed E-state index contributed by atoms with van der Waals surface area (Å²) in [6, 6.07) is 0. The molecule has 0 aromatic carbocycles. The van der Waals surface area contributed by atoms with Crippen LogP contribution in [-0.2, 0) is 0 Å². The molecule has 0 aromatic rings. The highest BCUT2D eigenvalue weighted by molar-refractivity contribution is 6.80. The number of hydrogen-bond donors (Lipinski definition) is 0. The van der Waals surface area contributed by atoms with Crippen LogP contribution in [0, 0.1) is 0 Å². The van der Waals surface area contributed by atoms with Crippen LogP contribution < -0.4 is 0 Å². The van der Waals surface area contributed by atoms with Crippen molar-refractivity contribution in [3.05, 3.63) is 0 Å². The first-order valence-electron chi connectivity index (χ1n) is 0.218. The van der Waals surface area contributed by atoms with Crippen molar-refractivity contribution in [2.75, 3.05) is 0 Å². The van der Waals surface area contributed by atoms with Gasteiger partial charge in [0.15, 0.2) is 0 Å². The fourth-order valence-corrected chi connectivity index (χ4v) is 0. The topological polar surface area (TPSA) is 189 Å². The molecule has 9 heavy (non-hydrogen) atoms. The molecule has 6 nitrogen and oxygen atoms in total. The lowest BCUT2D eigenvalue weighted by atomic mass is 16.0. The molecule has 0 aliphatic heterocycles. The summed E-state index contributed by atoms with van der Waals surface area (Å²) in [5, 5.41) is 0. The van der Waals surface area contributed by atoms with Crippen molar-refractivity contribution < 1.29 is 32.9 Å². The van der Waals surface area contributed by atoms with Crippen LogP contribution in [0.5, 0.6) is 0 Å². The third kappa shape index (κ3) is 371. The van der Waals surface area contributed by atoms with Crippen LogP contribution in [0.2, 0.25) is 0 Å². The van der Waals surface area contributed by atoms with E-state index in [2.05, 4.69) is 10.0 Å². The summed E-state index contributed by atoms with van der Waals surface area (Å²) in [5.41, 5.74) is 0. The minimum Gasteiger partial charge on any atom is -0.412 e. The standard InChI is InChI=1S/2Al.ClH.6H2O/h;;1H;6*1H2/q;+1;;;;;;;/p-1. The first-order valence-corrected chi connectivity index (χ1v) is 1.96. The van der Waals surface area contributed by atoms with Crippen LogP contribution in [0.4, 0.5) is 0 Å². The van der Waals surface area contributed by atoms with Crippen LogP contribution in [-0.4, -0.2) is 65.6 Å². The summed E-state index contributed by atoms with van der Waals surface area (Å²) < 4.78 is 0. The Morgan fingerprint density at radius 3 is 0.556 bits per heavy atom. The summed E-state index contributed by atoms with van der Waals surface area (Å²) in [5.74, 6) is 0. The molecule has 9 heteroatoms. The van der Waals surface area contributed by atoms with Gasteiger partial charge in [-0.2, -0.15) is 0 Å². The van der Waals surface area contributed by atoms with E-state index in [1.54, 1.807) is 0 Å². The maximum atomic E-state index is 4.56. The Balaban J connectivity index is -0.000000000238. The fourth-order valence-electron chi connectivity index (χ4n) is 0. The molecule has 0 fully saturated rings. The van der Waals surface area contributed by atoms with E-state index in [-0.39, 0.29) is 50.2 Å². The molecule has 0 aliphatic rings. The second kappa shape index (κ2) is 483. The molecule has 0 rings (SSSR count). The van der Waals surface area contributed by atoms with E-state index in [9.17, 15) is 0 Å². The summed E-state index contributed by atoms with van der Waals surface area (Å²) in [6.07, 6.45) is 0. The van der Waals surface area contributed by atoms with Crippen LogP contribution in [0.1, 0.15) is 0 Å². The number of halogens is 1. The molecular weight excluding hydrogens is 185 g/mol. The quantitative estimate of drug-likeness (QED) is 0.336. The lowest BCUT2D eigenvalue weighted by Crippen LogP contribution is -0.980. The summed E-state index contributed by atoms with van der Waals surface area (Å²) in [6.45, 7) is 0. The highest BCUT2D eigenvalue weighted by Gasteiger charge is 1.04. The Morgan fingerprint density at radius 2 is 0.556 bits per heavy atom. The second-order valence-electron chi connectivity index (χ2n) is 0. The maximum absolute atomic E-state index is 4.56. The van der Waals surface area contributed by atoms with Crippen LogP contribution >= 0.6 is 10.0 Å². The van der Waals surface area contributed by atoms with Gasteiger partial charge in [-0.1, -0.05) is 0 Å². The molecule has 0 saturated heterocycles. The van der Waals surface area contributed by atoms with Crippen molar-refractivity contribution in [3.63, 3.8) is 0 Å². The summed E-state index contributed by atoms with van der Waals surface area (Å²) in [4.78, 5) is 0. The third-order valence-corrected chi connectivity index (χ3v) is 0. The molecule has 0 saturated carbocycles. The van der Waals surface area contributed by atoms with Crippen LogP contribution in [0.15, 0.2) is 0 Å². The van der Waals surface area contributed by atoms with Gasteiger partial charge in [0.05, 0.1) is 0 Å². The fraction of sp³-hybridized carbons (Fsp3) is 0. The molecule has 0 unspecified atom stereocenters. The molecule has 0 heterocycles. The van der Waals surface area contributed by atoms with Gasteiger partial charge in [0, 0.05) is 17.4 Å². The van der Waals surface area contributed by atoms with Gasteiger partial charge >= 0.3 is 0 Å². The van der Waals surface area contributed by atoms with Gasteiger partial charge in [0.2, 0.25) is 0 Å². The normalized spacial score (nSPS) is 0.556. The third-order valence-electron chi connectivity index (χ3n) is 0. The molecule has 0 bridgehead atoms. The molecule has 12 N–H and O–H groups in total. The van der Waals surface area contributed by atoms with Crippen LogP contribution in [0.3, 0.4) is 0 Å². The zero-order valence-electron chi connectivity index (χ0n) is 4.53. The minimum absolute atomic E-state index is 0. The first kappa shape index (κ1) is 188. The zero-order valence-corrected chi connectivity index (χ0v) is 7.60. The lowest BCUT2D eigenvalue weighted by Gasteiger charge is -1.04. The predicted molar refractivity (Wildman–Crippen MR) is 39.0 cm³/mol. The summed E-state index contributed by atoms with van der Waals surface area (Å²) >= 11 is 1.89. The van der Waals surface area contributed by atoms with Gasteiger partial charge < -0.3 is 32.9 Å². The van der Waals surface area contributed by atoms with Gasteiger partial charge in [-0.3, -0.25) is 10.0 Å². The van der Waals surface area contributed by atoms with Gasteiger partial charge in [-0.25, -0.2) is 0 Å². The minimum atomic E-state index is 0. The molecule has 0 aromatic heterocycles. The largest absolute Gasteiger partial charge is 0.412 e. The molecule has 0 spiro atoms. The van der Waals surface area contributed by atoms with Gasteiger partial charge in [-0.05, 0) is 0 Å². The van der Waals surface area contributed by atoms with E-state index in [0.29, 0.717) is 0 Å². The van der Waals surface area contributed by atoms with Crippen molar-refractivity contribution in [3.8, 4) is 0 Å². The number of rotatable bonds is 0. The SMILES string of the molecule is O.O.O.O.O.O.[Al].[Al][Cl]. The lowest BCUT2D eigenvalue weighted by molar-refractivity contribution is 0.823. The van der Waals surface area contributed by atoms with Crippen molar-refractivity contribution in [1.29, 1.82) is 0 Å². The molecule has 61 valence electrons. The van der Waals surface area contributed by atoms with Crippen molar-refractivity contribution >= 4 is 42.8 Å². The van der Waals surface area contributed by atoms with Crippen molar-refractivity contribution in [1.82, 2.24) is 0 Å². The Bertz CT molecular complexity index is 11.0. The molecule has 0 amide bonds. The highest BCUT2D eigenvalue weighted by Crippen LogP contribution is 1.29. The monoisotopic (exact) mass is 197 g/mol. The van der Waals surface area contributed by atoms with E-state index < -0.39 is 0 Å². The first-order chi connectivity index (χ1) is 1.00. The Hall–Kier alpha value is 1.11. The smallest absolute Gasteiger partial charge is 0.293 e. The second-order valence-corrected chi connectivity index (χ2v) is 0. The maximum Gasteiger partial charge on any atom is 0.293 e. The molecule has 5 radical (unpaired) electrons. The van der Waals surface area contributed by atoms with Gasteiger partial charge in [-0.15, -0.1) is 0 Å². The van der Waals surface area contributed by atoms with Crippen molar-refractivity contribution in [2.24, 2.45) is 0 Å². The Morgan fingerprint density at radius 1 is 0.556 bits per heavy atom. The van der Waals surface area contributed by atoms with E-state index in [1.807, 2.05) is 15.4 Å². The molecule has 0 atom stereocenters. The predicted octanol–water partition coefficient (Wildman–Crippen LogP) is -5.02. The molecule has 0 aliphatic carbocycles. The van der Waals surface area contributed by atoms with Crippen LogP contribution in [0.25, 0.3) is 0 Å². The van der Waals surface area contributed by atoms with Gasteiger partial charge in [0.25, 0.3) is 15.4 Å². The highest BCUT2D eigenvalue weighted by atomic mass is 35.6. The average Bonchev–Trinajstić information content (AvgIpc) is 1.00. The van der Waals surface area contributed by atoms with E-state index in [4.69, 9.17) is 0 Å². The van der Waals surface area contributed by atoms with E-state index >= 15 is 0 Å². The zero-order chi connectivity index (χ0) is 2.00. The summed E-state index contributed by atoms with van der Waals surface area (Å²) in [7, 11) is 4.56. The Labute approximate surface area is 75.8 Å². The Kier molecular flexibility index (Phi) is 10100. The van der Waals surface area contributed by atoms with Crippen molar-refractivity contribution in [2.45, 2.75) is 0 Å². The number of hydrogen-bond acceptors (Lipinski definition) is 0. The van der Waals surface area contributed by atoms with E-state index in [1.165, 1.54) is 0 Å². The van der Waals surface area contributed by atoms with Gasteiger partial charge in [0.1, 0.15) is 0 Å². The van der Waals surface area contributed by atoms with E-state index in [0.717, 1.165) is 0 Å².